The lowest BCUT2D eigenvalue weighted by Crippen LogP contribution is -2.40. The minimum atomic E-state index is -0.579. The molecule has 0 saturated heterocycles. The highest BCUT2D eigenvalue weighted by molar-refractivity contribution is 5.74. The summed E-state index contributed by atoms with van der Waals surface area (Å²) in [5.74, 6) is 0. The molecule has 0 saturated carbocycles. The third-order valence-corrected chi connectivity index (χ3v) is 3.23. The molecular formula is C13H18N2O2. The van der Waals surface area contributed by atoms with Crippen LogP contribution in [0, 0.1) is 0 Å². The third kappa shape index (κ3) is 2.33. The van der Waals surface area contributed by atoms with Gasteiger partial charge in [0.15, 0.2) is 0 Å². The maximum atomic E-state index is 10.1. The van der Waals surface area contributed by atoms with Crippen LogP contribution in [0.4, 0.5) is 0 Å². The Morgan fingerprint density at radius 2 is 2.12 bits per heavy atom. The van der Waals surface area contributed by atoms with Gasteiger partial charge in [0.25, 0.3) is 0 Å². The van der Waals surface area contributed by atoms with Gasteiger partial charge in [-0.3, -0.25) is 0 Å². The Kier molecular flexibility index (Phi) is 3.17. The number of aromatic nitrogens is 2. The molecule has 1 unspecified atom stereocenters. The minimum Gasteiger partial charge on any atom is -0.388 e. The van der Waals surface area contributed by atoms with Crippen molar-refractivity contribution in [1.82, 2.24) is 9.55 Å². The van der Waals surface area contributed by atoms with E-state index in [1.54, 1.807) is 13.4 Å². The van der Waals surface area contributed by atoms with Crippen LogP contribution in [-0.4, -0.2) is 33.5 Å². The molecule has 0 aliphatic heterocycles. The smallest absolute Gasteiger partial charge is 0.100 e. The summed E-state index contributed by atoms with van der Waals surface area (Å²) < 4.78 is 7.22. The normalized spacial score (nSPS) is 14.1. The SMILES string of the molecule is COC(C)(C)C(O)Cn1cnc2ccccc21. The van der Waals surface area contributed by atoms with Gasteiger partial charge in [0.2, 0.25) is 0 Å². The lowest BCUT2D eigenvalue weighted by atomic mass is 10.0. The van der Waals surface area contributed by atoms with Crippen LogP contribution >= 0.6 is 0 Å². The fourth-order valence-electron chi connectivity index (χ4n) is 1.70. The van der Waals surface area contributed by atoms with E-state index in [9.17, 15) is 5.11 Å². The Labute approximate surface area is 101 Å². The van der Waals surface area contributed by atoms with Crippen LogP contribution in [0.3, 0.4) is 0 Å². The molecule has 92 valence electrons. The van der Waals surface area contributed by atoms with Crippen LogP contribution in [-0.2, 0) is 11.3 Å². The predicted octanol–water partition coefficient (Wildman–Crippen LogP) is 1.82. The molecule has 4 nitrogen and oxygen atoms in total. The Morgan fingerprint density at radius 1 is 1.41 bits per heavy atom. The molecule has 17 heavy (non-hydrogen) atoms. The van der Waals surface area contributed by atoms with Gasteiger partial charge in [-0.2, -0.15) is 0 Å². The number of fused-ring (bicyclic) bond motifs is 1. The molecule has 1 aromatic carbocycles. The second-order valence-electron chi connectivity index (χ2n) is 4.71. The number of hydrogen-bond donors (Lipinski definition) is 1. The zero-order valence-corrected chi connectivity index (χ0v) is 10.4. The summed E-state index contributed by atoms with van der Waals surface area (Å²) in [6.45, 7) is 4.22. The molecule has 1 N–H and O–H groups in total. The lowest BCUT2D eigenvalue weighted by molar-refractivity contribution is -0.0828. The van der Waals surface area contributed by atoms with Gasteiger partial charge >= 0.3 is 0 Å². The summed E-state index contributed by atoms with van der Waals surface area (Å²) in [6.07, 6.45) is 1.17. The number of hydrogen-bond acceptors (Lipinski definition) is 3. The zero-order chi connectivity index (χ0) is 12.5. The summed E-state index contributed by atoms with van der Waals surface area (Å²) in [6, 6.07) is 7.87. The van der Waals surface area contributed by atoms with Crippen molar-refractivity contribution in [1.29, 1.82) is 0 Å². The summed E-state index contributed by atoms with van der Waals surface area (Å²) in [5.41, 5.74) is 1.40. The van der Waals surface area contributed by atoms with Gasteiger partial charge in [0.05, 0.1) is 29.5 Å². The fraction of sp³-hybridized carbons (Fsp3) is 0.462. The van der Waals surface area contributed by atoms with Gasteiger partial charge in [0.1, 0.15) is 6.10 Å². The first kappa shape index (κ1) is 12.1. The molecule has 0 aliphatic rings. The maximum absolute atomic E-state index is 10.1. The van der Waals surface area contributed by atoms with Gasteiger partial charge in [-0.25, -0.2) is 4.98 Å². The molecule has 1 heterocycles. The summed E-state index contributed by atoms with van der Waals surface area (Å²) in [7, 11) is 1.61. The average molecular weight is 234 g/mol. The van der Waals surface area contributed by atoms with Crippen molar-refractivity contribution in [3.05, 3.63) is 30.6 Å². The fourth-order valence-corrected chi connectivity index (χ4v) is 1.70. The Morgan fingerprint density at radius 3 is 2.82 bits per heavy atom. The van der Waals surface area contributed by atoms with Crippen LogP contribution in [0.2, 0.25) is 0 Å². The van der Waals surface area contributed by atoms with E-state index in [-0.39, 0.29) is 0 Å². The Hall–Kier alpha value is -1.39. The number of para-hydroxylation sites is 2. The first-order chi connectivity index (χ1) is 8.04. The van der Waals surface area contributed by atoms with Crippen molar-refractivity contribution in [2.75, 3.05) is 7.11 Å². The van der Waals surface area contributed by atoms with Crippen molar-refractivity contribution in [3.8, 4) is 0 Å². The van der Waals surface area contributed by atoms with Crippen LogP contribution in [0.15, 0.2) is 30.6 Å². The number of aliphatic hydroxyl groups is 1. The van der Waals surface area contributed by atoms with E-state index in [0.717, 1.165) is 11.0 Å². The molecule has 2 rings (SSSR count). The van der Waals surface area contributed by atoms with E-state index >= 15 is 0 Å². The van der Waals surface area contributed by atoms with E-state index in [4.69, 9.17) is 4.74 Å². The number of aliphatic hydroxyl groups excluding tert-OH is 1. The van der Waals surface area contributed by atoms with Gasteiger partial charge in [-0.15, -0.1) is 0 Å². The number of imidazole rings is 1. The van der Waals surface area contributed by atoms with Gasteiger partial charge in [-0.1, -0.05) is 12.1 Å². The number of benzene rings is 1. The Balaban J connectivity index is 2.24. The first-order valence-electron chi connectivity index (χ1n) is 5.67. The van der Waals surface area contributed by atoms with Crippen LogP contribution < -0.4 is 0 Å². The lowest BCUT2D eigenvalue weighted by Gasteiger charge is -2.29. The summed E-state index contributed by atoms with van der Waals surface area (Å²) >= 11 is 0. The number of rotatable bonds is 4. The molecule has 1 aromatic heterocycles. The third-order valence-electron chi connectivity index (χ3n) is 3.23. The molecule has 2 aromatic rings. The van der Waals surface area contributed by atoms with Crippen molar-refractivity contribution < 1.29 is 9.84 Å². The first-order valence-corrected chi connectivity index (χ1v) is 5.67. The molecule has 4 heteroatoms. The largest absolute Gasteiger partial charge is 0.388 e. The van der Waals surface area contributed by atoms with Crippen molar-refractivity contribution in [2.24, 2.45) is 0 Å². The van der Waals surface area contributed by atoms with Crippen LogP contribution in [0.1, 0.15) is 13.8 Å². The summed E-state index contributed by atoms with van der Waals surface area (Å²) in [4.78, 5) is 4.29. The van der Waals surface area contributed by atoms with Gasteiger partial charge in [-0.05, 0) is 26.0 Å². The molecule has 0 radical (unpaired) electrons. The van der Waals surface area contributed by atoms with Crippen LogP contribution in [0.5, 0.6) is 0 Å². The second-order valence-corrected chi connectivity index (χ2v) is 4.71. The van der Waals surface area contributed by atoms with Crippen molar-refractivity contribution >= 4 is 11.0 Å². The van der Waals surface area contributed by atoms with Gasteiger partial charge < -0.3 is 14.4 Å². The zero-order valence-electron chi connectivity index (χ0n) is 10.4. The van der Waals surface area contributed by atoms with E-state index in [0.29, 0.717) is 6.54 Å². The second kappa shape index (κ2) is 4.47. The highest BCUT2D eigenvalue weighted by atomic mass is 16.5. The van der Waals surface area contributed by atoms with Gasteiger partial charge in [0, 0.05) is 7.11 Å². The highest BCUT2D eigenvalue weighted by Gasteiger charge is 2.27. The van der Waals surface area contributed by atoms with Crippen LogP contribution in [0.25, 0.3) is 11.0 Å². The maximum Gasteiger partial charge on any atom is 0.100 e. The number of ether oxygens (including phenoxy) is 1. The molecular weight excluding hydrogens is 216 g/mol. The number of methoxy groups -OCH3 is 1. The van der Waals surface area contributed by atoms with Crippen molar-refractivity contribution in [3.63, 3.8) is 0 Å². The highest BCUT2D eigenvalue weighted by Crippen LogP contribution is 2.18. The molecule has 0 amide bonds. The topological polar surface area (TPSA) is 47.3 Å². The average Bonchev–Trinajstić information content (AvgIpc) is 2.73. The molecule has 0 fully saturated rings. The van der Waals surface area contributed by atoms with E-state index in [1.165, 1.54) is 0 Å². The minimum absolute atomic E-state index is 0.474. The predicted molar refractivity (Wildman–Crippen MR) is 66.8 cm³/mol. The summed E-state index contributed by atoms with van der Waals surface area (Å²) in [5, 5.41) is 10.1. The Bertz CT molecular complexity index is 505. The molecule has 1 atom stereocenters. The number of nitrogens with zero attached hydrogens (tertiary/aromatic N) is 2. The van der Waals surface area contributed by atoms with E-state index < -0.39 is 11.7 Å². The molecule has 0 bridgehead atoms. The van der Waals surface area contributed by atoms with Crippen molar-refractivity contribution in [2.45, 2.75) is 32.1 Å². The monoisotopic (exact) mass is 234 g/mol. The quantitative estimate of drug-likeness (QED) is 0.877. The molecule has 0 spiro atoms. The van der Waals surface area contributed by atoms with E-state index in [2.05, 4.69) is 4.98 Å². The molecule has 0 aliphatic carbocycles. The standard InChI is InChI=1S/C13H18N2O2/c1-13(2,17-3)12(16)8-15-9-14-10-6-4-5-7-11(10)15/h4-7,9,12,16H,8H2,1-3H3. The van der Waals surface area contributed by atoms with E-state index in [1.807, 2.05) is 42.7 Å².